The maximum atomic E-state index is 11.5. The van der Waals surface area contributed by atoms with Crippen LogP contribution in [-0.2, 0) is 0 Å². The van der Waals surface area contributed by atoms with Crippen LogP contribution in [0.1, 0.15) is 22.8 Å². The molecule has 0 aliphatic heterocycles. The molecule has 3 nitrogen and oxygen atoms in total. The number of carbonyl (C=O) groups is 1. The first-order chi connectivity index (χ1) is 7.15. The Labute approximate surface area is 89.7 Å². The van der Waals surface area contributed by atoms with E-state index in [9.17, 15) is 4.79 Å². The third-order valence-corrected chi connectivity index (χ3v) is 2.06. The minimum absolute atomic E-state index is 0.149. The Morgan fingerprint density at radius 2 is 2.27 bits per heavy atom. The van der Waals surface area contributed by atoms with E-state index in [1.807, 2.05) is 13.0 Å². The quantitative estimate of drug-likeness (QED) is 0.561. The fourth-order valence-electron chi connectivity index (χ4n) is 1.10. The minimum Gasteiger partial charge on any atom is -0.398 e. The van der Waals surface area contributed by atoms with Gasteiger partial charge in [0.2, 0.25) is 0 Å². The Morgan fingerprint density at radius 3 is 2.87 bits per heavy atom. The molecule has 0 saturated heterocycles. The highest BCUT2D eigenvalue weighted by molar-refractivity contribution is 5.95. The lowest BCUT2D eigenvalue weighted by Crippen LogP contribution is -2.23. The number of aryl methyl sites for hydroxylation is 1. The molecule has 0 saturated carbocycles. The van der Waals surface area contributed by atoms with Crippen LogP contribution in [0, 0.1) is 18.8 Å². The van der Waals surface area contributed by atoms with E-state index in [4.69, 9.17) is 5.73 Å². The van der Waals surface area contributed by atoms with Crippen LogP contribution < -0.4 is 11.1 Å². The average Bonchev–Trinajstić information content (AvgIpc) is 2.22. The predicted octanol–water partition coefficient (Wildman–Crippen LogP) is 1.33. The van der Waals surface area contributed by atoms with Gasteiger partial charge in [0.15, 0.2) is 0 Å². The van der Waals surface area contributed by atoms with Crippen molar-refractivity contribution in [3.63, 3.8) is 0 Å². The number of amides is 1. The maximum Gasteiger partial charge on any atom is 0.252 e. The summed E-state index contributed by atoms with van der Waals surface area (Å²) >= 11 is 0. The van der Waals surface area contributed by atoms with Gasteiger partial charge in [-0.2, -0.15) is 0 Å². The van der Waals surface area contributed by atoms with E-state index >= 15 is 0 Å². The topological polar surface area (TPSA) is 55.1 Å². The summed E-state index contributed by atoms with van der Waals surface area (Å²) in [6, 6.07) is 5.25. The molecular formula is C12H14N2O. The third kappa shape index (κ3) is 3.03. The molecule has 1 amide bonds. The molecule has 1 rings (SSSR count). The normalized spacial score (nSPS) is 8.93. The molecular weight excluding hydrogens is 188 g/mol. The van der Waals surface area contributed by atoms with Crippen LogP contribution in [0.3, 0.4) is 0 Å². The number of benzene rings is 1. The lowest BCUT2D eigenvalue weighted by atomic mass is 10.1. The zero-order valence-corrected chi connectivity index (χ0v) is 8.92. The van der Waals surface area contributed by atoms with E-state index in [0.717, 1.165) is 5.56 Å². The van der Waals surface area contributed by atoms with Gasteiger partial charge >= 0.3 is 0 Å². The van der Waals surface area contributed by atoms with Crippen molar-refractivity contribution in [1.29, 1.82) is 0 Å². The SMILES string of the molecule is CC#CCNC(=O)c1ccc(C)c(N)c1. The van der Waals surface area contributed by atoms with Gasteiger partial charge in [0.25, 0.3) is 5.91 Å². The second kappa shape index (κ2) is 5.06. The highest BCUT2D eigenvalue weighted by atomic mass is 16.1. The summed E-state index contributed by atoms with van der Waals surface area (Å²) in [5.41, 5.74) is 7.87. The number of rotatable bonds is 2. The van der Waals surface area contributed by atoms with Gasteiger partial charge < -0.3 is 11.1 Å². The number of nitrogens with two attached hydrogens (primary N) is 1. The number of nitrogen functional groups attached to an aromatic ring is 1. The smallest absolute Gasteiger partial charge is 0.252 e. The van der Waals surface area contributed by atoms with Crippen LogP contribution in [0.4, 0.5) is 5.69 Å². The third-order valence-electron chi connectivity index (χ3n) is 2.06. The van der Waals surface area contributed by atoms with Gasteiger partial charge in [0.1, 0.15) is 0 Å². The molecule has 0 atom stereocenters. The van der Waals surface area contributed by atoms with Gasteiger partial charge in [-0.05, 0) is 31.5 Å². The molecule has 0 spiro atoms. The number of hydrogen-bond acceptors (Lipinski definition) is 2. The zero-order valence-electron chi connectivity index (χ0n) is 8.92. The Bertz CT molecular complexity index is 427. The fraction of sp³-hybridized carbons (Fsp3) is 0.250. The second-order valence-electron chi connectivity index (χ2n) is 3.18. The number of anilines is 1. The van der Waals surface area contributed by atoms with Gasteiger partial charge in [-0.1, -0.05) is 12.0 Å². The van der Waals surface area contributed by atoms with Gasteiger partial charge in [0, 0.05) is 11.3 Å². The molecule has 15 heavy (non-hydrogen) atoms. The molecule has 0 aliphatic carbocycles. The van der Waals surface area contributed by atoms with Gasteiger partial charge in [-0.25, -0.2) is 0 Å². The van der Waals surface area contributed by atoms with Crippen LogP contribution >= 0.6 is 0 Å². The summed E-state index contributed by atoms with van der Waals surface area (Å²) < 4.78 is 0. The molecule has 0 radical (unpaired) electrons. The lowest BCUT2D eigenvalue weighted by molar-refractivity contribution is 0.0959. The van der Waals surface area contributed by atoms with Crippen LogP contribution in [0.15, 0.2) is 18.2 Å². The van der Waals surface area contributed by atoms with Crippen molar-refractivity contribution in [2.75, 3.05) is 12.3 Å². The predicted molar refractivity (Wildman–Crippen MR) is 61.4 cm³/mol. The van der Waals surface area contributed by atoms with Crippen molar-refractivity contribution in [2.45, 2.75) is 13.8 Å². The summed E-state index contributed by atoms with van der Waals surface area (Å²) in [5, 5.41) is 2.68. The Balaban J connectivity index is 2.72. The van der Waals surface area contributed by atoms with E-state index in [0.29, 0.717) is 17.8 Å². The van der Waals surface area contributed by atoms with Crippen molar-refractivity contribution in [3.05, 3.63) is 29.3 Å². The molecule has 78 valence electrons. The molecule has 0 bridgehead atoms. The lowest BCUT2D eigenvalue weighted by Gasteiger charge is -2.04. The van der Waals surface area contributed by atoms with E-state index in [2.05, 4.69) is 17.2 Å². The van der Waals surface area contributed by atoms with Crippen molar-refractivity contribution >= 4 is 11.6 Å². The number of hydrogen-bond donors (Lipinski definition) is 2. The summed E-state index contributed by atoms with van der Waals surface area (Å²) in [5.74, 6) is 5.32. The highest BCUT2D eigenvalue weighted by Crippen LogP contribution is 2.12. The summed E-state index contributed by atoms with van der Waals surface area (Å²) in [6.07, 6.45) is 0. The number of nitrogens with one attached hydrogen (secondary N) is 1. The first-order valence-electron chi connectivity index (χ1n) is 4.69. The van der Waals surface area contributed by atoms with Crippen LogP contribution in [0.2, 0.25) is 0 Å². The Kier molecular flexibility index (Phi) is 3.75. The van der Waals surface area contributed by atoms with Crippen LogP contribution in [0.5, 0.6) is 0 Å². The Hall–Kier alpha value is -1.95. The van der Waals surface area contributed by atoms with Crippen molar-refractivity contribution in [2.24, 2.45) is 0 Å². The largest absolute Gasteiger partial charge is 0.398 e. The zero-order chi connectivity index (χ0) is 11.3. The average molecular weight is 202 g/mol. The minimum atomic E-state index is -0.149. The Morgan fingerprint density at radius 1 is 1.53 bits per heavy atom. The molecule has 0 fully saturated rings. The van der Waals surface area contributed by atoms with Crippen molar-refractivity contribution in [1.82, 2.24) is 5.32 Å². The second-order valence-corrected chi connectivity index (χ2v) is 3.18. The molecule has 0 aromatic heterocycles. The van der Waals surface area contributed by atoms with Crippen LogP contribution in [-0.4, -0.2) is 12.5 Å². The number of carbonyl (C=O) groups excluding carboxylic acids is 1. The molecule has 1 aromatic carbocycles. The first kappa shape index (κ1) is 11.1. The maximum absolute atomic E-state index is 11.5. The summed E-state index contributed by atoms with van der Waals surface area (Å²) in [4.78, 5) is 11.5. The molecule has 0 aliphatic rings. The standard InChI is InChI=1S/C12H14N2O/c1-3-4-7-14-12(15)10-6-5-9(2)11(13)8-10/h5-6,8H,7,13H2,1-2H3,(H,14,15). The molecule has 0 unspecified atom stereocenters. The van der Waals surface area contributed by atoms with Crippen molar-refractivity contribution < 1.29 is 4.79 Å². The highest BCUT2D eigenvalue weighted by Gasteiger charge is 2.04. The fourth-order valence-corrected chi connectivity index (χ4v) is 1.10. The molecule has 3 N–H and O–H groups in total. The van der Waals surface area contributed by atoms with E-state index < -0.39 is 0 Å². The first-order valence-corrected chi connectivity index (χ1v) is 4.69. The molecule has 0 heterocycles. The molecule has 1 aromatic rings. The van der Waals surface area contributed by atoms with E-state index in [1.54, 1.807) is 19.1 Å². The van der Waals surface area contributed by atoms with E-state index in [-0.39, 0.29) is 5.91 Å². The summed E-state index contributed by atoms with van der Waals surface area (Å²) in [6.45, 7) is 4.00. The summed E-state index contributed by atoms with van der Waals surface area (Å²) in [7, 11) is 0. The van der Waals surface area contributed by atoms with Gasteiger partial charge in [-0.3, -0.25) is 4.79 Å². The van der Waals surface area contributed by atoms with Gasteiger partial charge in [0.05, 0.1) is 6.54 Å². The monoisotopic (exact) mass is 202 g/mol. The van der Waals surface area contributed by atoms with Gasteiger partial charge in [-0.15, -0.1) is 5.92 Å². The van der Waals surface area contributed by atoms with Crippen LogP contribution in [0.25, 0.3) is 0 Å². The van der Waals surface area contributed by atoms with Crippen molar-refractivity contribution in [3.8, 4) is 11.8 Å². The molecule has 3 heteroatoms. The van der Waals surface area contributed by atoms with E-state index in [1.165, 1.54) is 0 Å².